The lowest BCUT2D eigenvalue weighted by Crippen LogP contribution is -2.44. The number of piperidine rings is 2. The Hall–Kier alpha value is -2.72. The second-order valence-corrected chi connectivity index (χ2v) is 11.1. The number of nitrogens with zero attached hydrogens (tertiary/aromatic N) is 4. The van der Waals surface area contributed by atoms with Gasteiger partial charge in [0.25, 0.3) is 0 Å². The summed E-state index contributed by atoms with van der Waals surface area (Å²) >= 11 is 0. The lowest BCUT2D eigenvalue weighted by atomic mass is 9.91. The summed E-state index contributed by atoms with van der Waals surface area (Å²) in [5, 5.41) is 7.41. The molecule has 5 heterocycles. The maximum Gasteiger partial charge on any atom is 0.222 e. The molecule has 3 aromatic rings. The van der Waals surface area contributed by atoms with E-state index in [1.54, 1.807) is 6.20 Å². The molecule has 3 N–H and O–H groups in total. The molecule has 9 nitrogen and oxygen atoms in total. The molecule has 176 valence electrons. The number of fused-ring (bicyclic) bond motifs is 3. The van der Waals surface area contributed by atoms with Gasteiger partial charge < -0.3 is 14.8 Å². The van der Waals surface area contributed by atoms with Gasteiger partial charge in [0.2, 0.25) is 15.9 Å². The van der Waals surface area contributed by atoms with Crippen LogP contribution in [-0.4, -0.2) is 66.1 Å². The van der Waals surface area contributed by atoms with Crippen molar-refractivity contribution in [1.82, 2.24) is 19.9 Å². The highest BCUT2D eigenvalue weighted by molar-refractivity contribution is 7.89. The predicted molar refractivity (Wildman–Crippen MR) is 128 cm³/mol. The Labute approximate surface area is 193 Å². The van der Waals surface area contributed by atoms with Gasteiger partial charge in [0.1, 0.15) is 0 Å². The van der Waals surface area contributed by atoms with Gasteiger partial charge in [0.05, 0.1) is 17.5 Å². The number of primary sulfonamides is 1. The number of hydrogen-bond donors (Lipinski definition) is 2. The summed E-state index contributed by atoms with van der Waals surface area (Å²) < 4.78 is 22.9. The summed E-state index contributed by atoms with van der Waals surface area (Å²) in [4.78, 5) is 29.2. The quantitative estimate of drug-likeness (QED) is 0.589. The van der Waals surface area contributed by atoms with Crippen LogP contribution in [0.1, 0.15) is 32.1 Å². The third-order valence-electron chi connectivity index (χ3n) is 7.03. The van der Waals surface area contributed by atoms with E-state index in [0.29, 0.717) is 25.4 Å². The van der Waals surface area contributed by atoms with Crippen LogP contribution in [0.2, 0.25) is 0 Å². The highest BCUT2D eigenvalue weighted by Gasteiger charge is 2.29. The zero-order valence-corrected chi connectivity index (χ0v) is 19.4. The van der Waals surface area contributed by atoms with Crippen LogP contribution in [0, 0.1) is 11.8 Å². The fourth-order valence-corrected chi connectivity index (χ4v) is 6.34. The molecular formula is C23H30N6O3S. The maximum atomic E-state index is 12.9. The van der Waals surface area contributed by atoms with Crippen molar-refractivity contribution in [3.05, 3.63) is 30.7 Å². The van der Waals surface area contributed by atoms with Crippen molar-refractivity contribution in [1.29, 1.82) is 0 Å². The van der Waals surface area contributed by atoms with Crippen LogP contribution in [0.3, 0.4) is 0 Å². The number of rotatable bonds is 5. The smallest absolute Gasteiger partial charge is 0.222 e. The monoisotopic (exact) mass is 470 g/mol. The number of H-pyrrole nitrogens is 1. The Bertz CT molecular complexity index is 1270. The van der Waals surface area contributed by atoms with E-state index >= 15 is 0 Å². The SMILES string of the molecule is NS(=O)(=O)CC1CCCN(C(=O)CC2CCN(c3cc[nH]c4cnc5nccc5c34)CC2)C1. The molecule has 0 bridgehead atoms. The Kier molecular flexibility index (Phi) is 5.96. The average molecular weight is 471 g/mol. The number of likely N-dealkylation sites (tertiary alicyclic amines) is 1. The molecule has 0 saturated carbocycles. The zero-order chi connectivity index (χ0) is 23.0. The van der Waals surface area contributed by atoms with Crippen LogP contribution in [-0.2, 0) is 14.8 Å². The van der Waals surface area contributed by atoms with Gasteiger partial charge in [-0.25, -0.2) is 23.5 Å². The number of aromatic nitrogens is 3. The number of amides is 1. The third kappa shape index (κ3) is 4.81. The van der Waals surface area contributed by atoms with E-state index in [9.17, 15) is 13.2 Å². The van der Waals surface area contributed by atoms with Crippen molar-refractivity contribution in [3.8, 4) is 0 Å². The van der Waals surface area contributed by atoms with Crippen LogP contribution < -0.4 is 10.0 Å². The number of nitrogens with two attached hydrogens (primary N) is 1. The fourth-order valence-electron chi connectivity index (χ4n) is 5.41. The first kappa shape index (κ1) is 22.1. The molecular weight excluding hydrogens is 440 g/mol. The van der Waals surface area contributed by atoms with E-state index in [-0.39, 0.29) is 17.6 Å². The van der Waals surface area contributed by atoms with Crippen LogP contribution >= 0.6 is 0 Å². The van der Waals surface area contributed by atoms with Gasteiger partial charge in [-0.2, -0.15) is 0 Å². The number of sulfonamides is 1. The minimum Gasteiger partial charge on any atom is -0.371 e. The molecule has 0 aliphatic carbocycles. The van der Waals surface area contributed by atoms with Gasteiger partial charge in [0.15, 0.2) is 5.65 Å². The molecule has 1 unspecified atom stereocenters. The molecule has 10 heteroatoms. The van der Waals surface area contributed by atoms with Gasteiger partial charge in [0, 0.05) is 61.5 Å². The lowest BCUT2D eigenvalue weighted by Gasteiger charge is -2.36. The van der Waals surface area contributed by atoms with Crippen molar-refractivity contribution in [2.75, 3.05) is 36.8 Å². The first-order chi connectivity index (χ1) is 15.9. The number of carbonyl (C=O) groups excluding carboxylic acids is 1. The average Bonchev–Trinajstić information content (AvgIpc) is 3.27. The number of aromatic amines is 1. The van der Waals surface area contributed by atoms with Crippen LogP contribution in [0.15, 0.2) is 30.7 Å². The first-order valence-electron chi connectivity index (χ1n) is 11.6. The molecule has 33 heavy (non-hydrogen) atoms. The number of nitrogens with one attached hydrogen (secondary N) is 1. The standard InChI is InChI=1S/C23H30N6O3S/c24-33(31,32)15-17-2-1-9-29(14-17)21(30)12-16-5-10-28(11-6-16)20-4-8-25-19-13-27-23-18(22(19)20)3-7-26-23/h3-4,7-8,13,16-17,25H,1-2,5-6,9-12,14-15H2,(H2,24,31,32). The van der Waals surface area contributed by atoms with E-state index in [0.717, 1.165) is 60.7 Å². The second-order valence-electron chi connectivity index (χ2n) is 9.40. The van der Waals surface area contributed by atoms with Crippen molar-refractivity contribution < 1.29 is 13.2 Å². The predicted octanol–water partition coefficient (Wildman–Crippen LogP) is 2.24. The summed E-state index contributed by atoms with van der Waals surface area (Å²) in [6.07, 6.45) is 9.65. The normalized spacial score (nSPS) is 20.6. The van der Waals surface area contributed by atoms with Crippen molar-refractivity contribution in [3.63, 3.8) is 0 Å². The molecule has 2 saturated heterocycles. The molecule has 5 rings (SSSR count). The maximum absolute atomic E-state index is 12.9. The van der Waals surface area contributed by atoms with Gasteiger partial charge in [-0.1, -0.05) is 0 Å². The van der Waals surface area contributed by atoms with Crippen LogP contribution in [0.4, 0.5) is 5.69 Å². The van der Waals surface area contributed by atoms with Gasteiger partial charge in [-0.3, -0.25) is 4.79 Å². The number of anilines is 1. The summed E-state index contributed by atoms with van der Waals surface area (Å²) in [5.41, 5.74) is 2.92. The second kappa shape index (κ2) is 8.90. The molecule has 3 aromatic heterocycles. The topological polar surface area (TPSA) is 125 Å². The molecule has 0 spiro atoms. The Balaban J connectivity index is 1.22. The molecule has 1 atom stereocenters. The molecule has 1 amide bonds. The summed E-state index contributed by atoms with van der Waals surface area (Å²) in [6, 6.07) is 4.12. The van der Waals surface area contributed by atoms with Gasteiger partial charge in [-0.05, 0) is 49.7 Å². The van der Waals surface area contributed by atoms with Crippen LogP contribution in [0.5, 0.6) is 0 Å². The lowest BCUT2D eigenvalue weighted by molar-refractivity contribution is -0.134. The minimum atomic E-state index is -3.51. The molecule has 2 aliphatic heterocycles. The van der Waals surface area contributed by atoms with E-state index in [4.69, 9.17) is 5.14 Å². The number of hydrogen-bond acceptors (Lipinski definition) is 6. The Morgan fingerprint density at radius 2 is 1.94 bits per heavy atom. The summed E-state index contributed by atoms with van der Waals surface area (Å²) in [5.74, 6) is 0.387. The third-order valence-corrected chi connectivity index (χ3v) is 7.96. The number of pyridine rings is 2. The van der Waals surface area contributed by atoms with E-state index < -0.39 is 10.0 Å². The molecule has 2 fully saturated rings. The summed E-state index contributed by atoms with van der Waals surface area (Å²) in [7, 11) is -3.51. The Morgan fingerprint density at radius 3 is 2.73 bits per heavy atom. The van der Waals surface area contributed by atoms with E-state index in [2.05, 4.69) is 25.9 Å². The minimum absolute atomic E-state index is 0.0423. The fraction of sp³-hybridized carbons (Fsp3) is 0.522. The molecule has 0 aromatic carbocycles. The first-order valence-corrected chi connectivity index (χ1v) is 13.3. The summed E-state index contributed by atoms with van der Waals surface area (Å²) in [6.45, 7) is 2.99. The number of carbonyl (C=O) groups is 1. The van der Waals surface area contributed by atoms with Crippen molar-refractivity contribution in [2.45, 2.75) is 32.1 Å². The van der Waals surface area contributed by atoms with Crippen molar-refractivity contribution in [2.24, 2.45) is 17.0 Å². The molecule has 0 radical (unpaired) electrons. The van der Waals surface area contributed by atoms with Crippen molar-refractivity contribution >= 4 is 43.6 Å². The van der Waals surface area contributed by atoms with E-state index in [1.165, 1.54) is 5.69 Å². The molecule has 2 aliphatic rings. The van der Waals surface area contributed by atoms with Gasteiger partial charge >= 0.3 is 0 Å². The van der Waals surface area contributed by atoms with E-state index in [1.807, 2.05) is 23.4 Å². The van der Waals surface area contributed by atoms with Gasteiger partial charge in [-0.15, -0.1) is 0 Å². The van der Waals surface area contributed by atoms with Crippen LogP contribution in [0.25, 0.3) is 21.9 Å². The highest BCUT2D eigenvalue weighted by atomic mass is 32.2. The zero-order valence-electron chi connectivity index (χ0n) is 18.6. The largest absolute Gasteiger partial charge is 0.371 e. The Morgan fingerprint density at radius 1 is 1.12 bits per heavy atom. The highest BCUT2D eigenvalue weighted by Crippen LogP contribution is 2.34.